The van der Waals surface area contributed by atoms with Crippen LogP contribution < -0.4 is 10.9 Å². The highest BCUT2D eigenvalue weighted by Gasteiger charge is 2.16. The summed E-state index contributed by atoms with van der Waals surface area (Å²) in [5.41, 5.74) is 6.05. The minimum Gasteiger partial charge on any atom is -0.373 e. The van der Waals surface area contributed by atoms with Gasteiger partial charge in [-0.05, 0) is 55.3 Å². The Bertz CT molecular complexity index is 1350. The van der Waals surface area contributed by atoms with Crippen LogP contribution in [0.1, 0.15) is 16.8 Å². The average Bonchev–Trinajstić information content (AvgIpc) is 2.72. The molecule has 1 aromatic carbocycles. The van der Waals surface area contributed by atoms with Crippen molar-refractivity contribution in [3.8, 4) is 28.5 Å². The lowest BCUT2D eigenvalue weighted by Crippen LogP contribution is -2.05. The van der Waals surface area contributed by atoms with E-state index in [-0.39, 0.29) is 5.56 Å². The Labute approximate surface area is 167 Å². The van der Waals surface area contributed by atoms with Gasteiger partial charge in [-0.2, -0.15) is 5.26 Å². The predicted octanol–water partition coefficient (Wildman–Crippen LogP) is 4.18. The molecule has 0 aliphatic carbocycles. The summed E-state index contributed by atoms with van der Waals surface area (Å²) in [6.45, 7) is 3.85. The van der Waals surface area contributed by atoms with Crippen LogP contribution in [0.4, 0.5) is 5.82 Å². The summed E-state index contributed by atoms with van der Waals surface area (Å²) in [5.74, 6) is 0.759. The second kappa shape index (κ2) is 7.21. The van der Waals surface area contributed by atoms with Gasteiger partial charge in [-0.15, -0.1) is 0 Å². The first kappa shape index (κ1) is 18.4. The molecule has 4 aromatic rings. The van der Waals surface area contributed by atoms with Crippen LogP contribution in [0.3, 0.4) is 0 Å². The first-order valence-electron chi connectivity index (χ1n) is 9.21. The van der Waals surface area contributed by atoms with Crippen LogP contribution >= 0.6 is 0 Å². The van der Waals surface area contributed by atoms with Gasteiger partial charge in [0, 0.05) is 35.3 Å². The highest BCUT2D eigenvalue weighted by Crippen LogP contribution is 2.36. The maximum absolute atomic E-state index is 11.8. The van der Waals surface area contributed by atoms with Crippen molar-refractivity contribution in [2.75, 3.05) is 12.4 Å². The molecule has 0 unspecified atom stereocenters. The third-order valence-corrected chi connectivity index (χ3v) is 4.94. The Morgan fingerprint density at radius 1 is 1.03 bits per heavy atom. The van der Waals surface area contributed by atoms with Crippen molar-refractivity contribution >= 4 is 16.9 Å². The van der Waals surface area contributed by atoms with Crippen LogP contribution in [0.15, 0.2) is 53.3 Å². The number of fused-ring (bicyclic) bond motifs is 1. The van der Waals surface area contributed by atoms with Crippen molar-refractivity contribution in [3.05, 3.63) is 75.7 Å². The number of nitriles is 1. The van der Waals surface area contributed by atoms with E-state index in [0.29, 0.717) is 16.9 Å². The number of H-pyrrole nitrogens is 1. The second-order valence-corrected chi connectivity index (χ2v) is 6.87. The van der Waals surface area contributed by atoms with E-state index in [0.717, 1.165) is 39.2 Å². The number of nitrogens with zero attached hydrogens (tertiary/aromatic N) is 3. The largest absolute Gasteiger partial charge is 0.373 e. The molecule has 0 radical (unpaired) electrons. The van der Waals surface area contributed by atoms with E-state index in [1.807, 2.05) is 51.2 Å². The minimum absolute atomic E-state index is 0.205. The monoisotopic (exact) mass is 381 g/mol. The van der Waals surface area contributed by atoms with Crippen LogP contribution in [0.25, 0.3) is 33.4 Å². The van der Waals surface area contributed by atoms with Crippen molar-refractivity contribution in [2.45, 2.75) is 13.8 Å². The molecule has 0 saturated heterocycles. The van der Waals surface area contributed by atoms with Gasteiger partial charge < -0.3 is 10.3 Å². The summed E-state index contributed by atoms with van der Waals surface area (Å²) in [7, 11) is 1.83. The Hall–Kier alpha value is -3.98. The molecule has 0 spiro atoms. The molecule has 0 saturated carbocycles. The summed E-state index contributed by atoms with van der Waals surface area (Å²) >= 11 is 0. The van der Waals surface area contributed by atoms with Gasteiger partial charge in [0.15, 0.2) is 0 Å². The Morgan fingerprint density at radius 2 is 1.86 bits per heavy atom. The number of hydrogen-bond acceptors (Lipinski definition) is 5. The number of anilines is 1. The number of aryl methyl sites for hydroxylation is 1. The molecule has 6 heteroatoms. The van der Waals surface area contributed by atoms with Crippen LogP contribution in [-0.4, -0.2) is 22.0 Å². The van der Waals surface area contributed by atoms with E-state index in [4.69, 9.17) is 4.98 Å². The first-order chi connectivity index (χ1) is 14.0. The number of aromatic amines is 1. The summed E-state index contributed by atoms with van der Waals surface area (Å²) in [5, 5.41) is 13.4. The maximum Gasteiger partial charge on any atom is 0.249 e. The van der Waals surface area contributed by atoms with Gasteiger partial charge in [-0.1, -0.05) is 12.1 Å². The smallest absolute Gasteiger partial charge is 0.249 e. The topological polar surface area (TPSA) is 94.5 Å². The third kappa shape index (κ3) is 3.34. The first-order valence-corrected chi connectivity index (χ1v) is 9.21. The van der Waals surface area contributed by atoms with Gasteiger partial charge in [0.2, 0.25) is 5.56 Å². The summed E-state index contributed by atoms with van der Waals surface area (Å²) in [6.07, 6.45) is 0. The average molecular weight is 381 g/mol. The highest BCUT2D eigenvalue weighted by atomic mass is 16.1. The highest BCUT2D eigenvalue weighted by molar-refractivity contribution is 5.91. The molecule has 4 rings (SSSR count). The molecule has 3 heterocycles. The molecular weight excluding hydrogens is 362 g/mol. The van der Waals surface area contributed by atoms with Gasteiger partial charge in [0.05, 0.1) is 17.3 Å². The number of aromatic nitrogens is 3. The van der Waals surface area contributed by atoms with Gasteiger partial charge in [0.25, 0.3) is 0 Å². The molecule has 2 N–H and O–H groups in total. The zero-order valence-corrected chi connectivity index (χ0v) is 16.4. The number of rotatable bonds is 3. The zero-order chi connectivity index (χ0) is 20.5. The molecule has 142 valence electrons. The van der Waals surface area contributed by atoms with Crippen molar-refractivity contribution in [1.82, 2.24) is 15.0 Å². The lowest BCUT2D eigenvalue weighted by atomic mass is 9.93. The number of hydrogen-bond donors (Lipinski definition) is 2. The Morgan fingerprint density at radius 3 is 2.62 bits per heavy atom. The van der Waals surface area contributed by atoms with E-state index >= 15 is 0 Å². The lowest BCUT2D eigenvalue weighted by Gasteiger charge is -2.15. The van der Waals surface area contributed by atoms with E-state index in [1.165, 1.54) is 6.07 Å². The van der Waals surface area contributed by atoms with Crippen molar-refractivity contribution in [2.24, 2.45) is 0 Å². The fourth-order valence-corrected chi connectivity index (χ4v) is 3.47. The second-order valence-electron chi connectivity index (χ2n) is 6.87. The fourth-order valence-electron chi connectivity index (χ4n) is 3.47. The summed E-state index contributed by atoms with van der Waals surface area (Å²) in [6, 6.07) is 17.1. The van der Waals surface area contributed by atoms with E-state index in [2.05, 4.69) is 21.4 Å². The minimum atomic E-state index is -0.205. The van der Waals surface area contributed by atoms with Gasteiger partial charge in [-0.25, -0.2) is 9.97 Å². The third-order valence-electron chi connectivity index (χ3n) is 4.94. The zero-order valence-electron chi connectivity index (χ0n) is 16.4. The molecule has 0 atom stereocenters. The summed E-state index contributed by atoms with van der Waals surface area (Å²) in [4.78, 5) is 23.9. The number of nitrogens with one attached hydrogen (secondary N) is 2. The lowest BCUT2D eigenvalue weighted by molar-refractivity contribution is 1.19. The predicted molar refractivity (Wildman–Crippen MR) is 115 cm³/mol. The van der Waals surface area contributed by atoms with Crippen molar-refractivity contribution in [3.63, 3.8) is 0 Å². The molecule has 0 bridgehead atoms. The molecule has 6 nitrogen and oxygen atoms in total. The van der Waals surface area contributed by atoms with Gasteiger partial charge in [-0.3, -0.25) is 4.79 Å². The summed E-state index contributed by atoms with van der Waals surface area (Å²) < 4.78 is 0. The van der Waals surface area contributed by atoms with E-state index < -0.39 is 0 Å². The standard InChI is InChI=1S/C23H19N5O/c1-13-9-17(11-20(25-3)26-13)19-10-15-7-8-21(29)27-23(15)28-22(19)18-6-4-5-16(12-24)14(18)2/h4-11H,1-3H3,(H,25,26)(H,27,28,29). The SMILES string of the molecule is CNc1cc(-c2cc3ccc(=O)[nH]c3nc2-c2cccc(C#N)c2C)cc(C)n1. The van der Waals surface area contributed by atoms with E-state index in [1.54, 1.807) is 12.1 Å². The molecular formula is C23H19N5O. The molecule has 0 amide bonds. The van der Waals surface area contributed by atoms with Crippen molar-refractivity contribution < 1.29 is 0 Å². The molecule has 0 aliphatic rings. The number of benzene rings is 1. The Kier molecular flexibility index (Phi) is 4.57. The van der Waals surface area contributed by atoms with Crippen molar-refractivity contribution in [1.29, 1.82) is 5.26 Å². The maximum atomic E-state index is 11.8. The molecule has 0 fully saturated rings. The van der Waals surface area contributed by atoms with Gasteiger partial charge >= 0.3 is 0 Å². The van der Waals surface area contributed by atoms with Crippen LogP contribution in [0.5, 0.6) is 0 Å². The van der Waals surface area contributed by atoms with Crippen LogP contribution in [-0.2, 0) is 0 Å². The Balaban J connectivity index is 2.10. The van der Waals surface area contributed by atoms with Crippen LogP contribution in [0, 0.1) is 25.2 Å². The van der Waals surface area contributed by atoms with Crippen LogP contribution in [0.2, 0.25) is 0 Å². The molecule has 29 heavy (non-hydrogen) atoms. The quantitative estimate of drug-likeness (QED) is 0.555. The van der Waals surface area contributed by atoms with E-state index in [9.17, 15) is 10.1 Å². The molecule has 0 aliphatic heterocycles. The van der Waals surface area contributed by atoms with Gasteiger partial charge in [0.1, 0.15) is 11.5 Å². The number of pyridine rings is 3. The normalized spacial score (nSPS) is 10.7. The fraction of sp³-hybridized carbons (Fsp3) is 0.130. The molecule has 3 aromatic heterocycles.